The predicted molar refractivity (Wildman–Crippen MR) is 132 cm³/mol. The Morgan fingerprint density at radius 3 is 2.62 bits per heavy atom. The first-order valence-corrected chi connectivity index (χ1v) is 12.0. The molecule has 0 spiro atoms. The summed E-state index contributed by atoms with van der Waals surface area (Å²) in [6.45, 7) is 5.67. The summed E-state index contributed by atoms with van der Waals surface area (Å²) in [4.78, 5) is 32.1. The lowest BCUT2D eigenvalue weighted by Gasteiger charge is -2.53. The molecule has 1 amide bonds. The van der Waals surface area contributed by atoms with Crippen LogP contribution in [0.1, 0.15) is 54.0 Å². The van der Waals surface area contributed by atoms with Crippen LogP contribution in [-0.4, -0.2) is 44.4 Å². The highest BCUT2D eigenvalue weighted by molar-refractivity contribution is 5.97. The van der Waals surface area contributed by atoms with Gasteiger partial charge in [0, 0.05) is 24.0 Å². The number of hydrogen-bond donors (Lipinski definition) is 1. The molecule has 0 radical (unpaired) electrons. The Balaban J connectivity index is 1.78. The summed E-state index contributed by atoms with van der Waals surface area (Å²) in [6, 6.07) is 7.87. The van der Waals surface area contributed by atoms with E-state index in [0.717, 1.165) is 18.6 Å². The minimum absolute atomic E-state index is 0.00797. The van der Waals surface area contributed by atoms with E-state index in [2.05, 4.69) is 11.6 Å². The second kappa shape index (κ2) is 9.34. The smallest absolute Gasteiger partial charge is 0.278 e. The number of nitrogens with zero attached hydrogens (tertiary/aromatic N) is 4. The second-order valence-electron chi connectivity index (χ2n) is 9.07. The highest BCUT2D eigenvalue weighted by Gasteiger charge is 2.48. The molecule has 5 rings (SSSR count). The summed E-state index contributed by atoms with van der Waals surface area (Å²) < 4.78 is 36.3. The van der Waals surface area contributed by atoms with Crippen molar-refractivity contribution in [2.75, 3.05) is 18.3 Å². The zero-order chi connectivity index (χ0) is 26.3. The molecule has 1 N–H and O–H groups in total. The molecule has 1 aliphatic heterocycles. The number of halogens is 2. The summed E-state index contributed by atoms with van der Waals surface area (Å²) in [6.07, 6.45) is 6.86. The highest BCUT2D eigenvalue weighted by atomic mass is 19.2. The van der Waals surface area contributed by atoms with Gasteiger partial charge in [0.25, 0.3) is 5.91 Å². The molecule has 2 aromatic heterocycles. The Morgan fingerprint density at radius 2 is 2.00 bits per heavy atom. The molecular formula is C27H26F2N4O4. The Morgan fingerprint density at radius 1 is 1.22 bits per heavy atom. The van der Waals surface area contributed by atoms with E-state index in [-0.39, 0.29) is 30.3 Å². The summed E-state index contributed by atoms with van der Waals surface area (Å²) in [5.41, 5.74) is -0.897. The number of aromatic hydroxyl groups is 1. The predicted octanol–water partition coefficient (Wildman–Crippen LogP) is 3.88. The summed E-state index contributed by atoms with van der Waals surface area (Å²) in [7, 11) is 0. The molecule has 1 saturated carbocycles. The van der Waals surface area contributed by atoms with E-state index in [1.165, 1.54) is 16.9 Å². The van der Waals surface area contributed by atoms with Gasteiger partial charge in [0.15, 0.2) is 23.0 Å². The minimum Gasteiger partial charge on any atom is -0.502 e. The van der Waals surface area contributed by atoms with Crippen molar-refractivity contribution in [1.82, 2.24) is 14.6 Å². The fourth-order valence-corrected chi connectivity index (χ4v) is 5.07. The normalized spacial score (nSPS) is 17.1. The number of ether oxygens (including phenoxy) is 1. The Hall–Kier alpha value is -4.21. The number of benzene rings is 1. The zero-order valence-corrected chi connectivity index (χ0v) is 20.2. The third-order valence-corrected chi connectivity index (χ3v) is 7.13. The molecule has 1 aromatic carbocycles. The molecule has 8 nitrogen and oxygen atoms in total. The molecule has 3 aromatic rings. The first-order chi connectivity index (χ1) is 17.8. The fraction of sp³-hybridized carbons (Fsp3) is 0.296. The lowest BCUT2D eigenvalue weighted by atomic mass is 9.75. The average Bonchev–Trinajstić information content (AvgIpc) is 2.88. The van der Waals surface area contributed by atoms with E-state index in [1.807, 2.05) is 0 Å². The third kappa shape index (κ3) is 3.83. The largest absolute Gasteiger partial charge is 0.502 e. The van der Waals surface area contributed by atoms with Crippen molar-refractivity contribution in [3.8, 4) is 11.5 Å². The molecule has 0 unspecified atom stereocenters. The summed E-state index contributed by atoms with van der Waals surface area (Å²) in [5, 5.41) is 12.4. The lowest BCUT2D eigenvalue weighted by Crippen LogP contribution is -2.64. The first kappa shape index (κ1) is 24.5. The Labute approximate surface area is 212 Å². The molecule has 0 saturated heterocycles. The van der Waals surface area contributed by atoms with Gasteiger partial charge in [0.1, 0.15) is 12.7 Å². The molecule has 10 heteroatoms. The van der Waals surface area contributed by atoms with Gasteiger partial charge in [0.05, 0.1) is 17.8 Å². The number of hydrogen-bond acceptors (Lipinski definition) is 6. The number of rotatable bonds is 7. The molecule has 3 heterocycles. The van der Waals surface area contributed by atoms with Crippen LogP contribution in [0.4, 0.5) is 8.78 Å². The molecular weight excluding hydrogens is 482 g/mol. The highest BCUT2D eigenvalue weighted by Crippen LogP contribution is 2.43. The lowest BCUT2D eigenvalue weighted by molar-refractivity contribution is 0.0256. The quantitative estimate of drug-likeness (QED) is 0.488. The van der Waals surface area contributed by atoms with Gasteiger partial charge in [-0.15, -0.1) is 6.58 Å². The number of aromatic nitrogens is 2. The maximum Gasteiger partial charge on any atom is 0.278 e. The fourth-order valence-electron chi connectivity index (χ4n) is 5.07. The Bertz CT molecular complexity index is 1420. The van der Waals surface area contributed by atoms with Crippen LogP contribution in [0, 0.1) is 11.6 Å². The van der Waals surface area contributed by atoms with Crippen LogP contribution in [0.15, 0.2) is 66.2 Å². The van der Waals surface area contributed by atoms with E-state index in [0.29, 0.717) is 18.5 Å². The number of pyridine rings is 2. The van der Waals surface area contributed by atoms with Gasteiger partial charge in [-0.25, -0.2) is 4.39 Å². The number of amides is 1. The van der Waals surface area contributed by atoms with Crippen molar-refractivity contribution in [2.45, 2.75) is 37.8 Å². The van der Waals surface area contributed by atoms with Crippen LogP contribution in [0.5, 0.6) is 11.5 Å². The van der Waals surface area contributed by atoms with Crippen molar-refractivity contribution in [1.29, 1.82) is 0 Å². The van der Waals surface area contributed by atoms with Crippen LogP contribution < -0.4 is 15.2 Å². The molecule has 1 aliphatic carbocycles. The van der Waals surface area contributed by atoms with Crippen LogP contribution >= 0.6 is 0 Å². The topological polar surface area (TPSA) is 87.9 Å². The van der Waals surface area contributed by atoms with Gasteiger partial charge in [-0.05, 0) is 50.5 Å². The van der Waals surface area contributed by atoms with Crippen molar-refractivity contribution < 1.29 is 23.4 Å². The standard InChI is InChI=1S/C27H26F2N4O4/c1-3-27(12-7-13-27)31-16-33(32-15-11-20(34)24(35)23(32)26(31)36)22(19-8-5-6-14-30-19)17-9-10-18(28)21(29)25(17)37-4-2/h3,5-6,8-11,14-15,22,35H,1,4,7,12-13,16H2,2H3/t22-/m0/s1. The molecule has 37 heavy (non-hydrogen) atoms. The third-order valence-electron chi connectivity index (χ3n) is 7.13. The molecule has 192 valence electrons. The van der Waals surface area contributed by atoms with Gasteiger partial charge in [-0.1, -0.05) is 12.1 Å². The van der Waals surface area contributed by atoms with Gasteiger partial charge in [-0.2, -0.15) is 4.39 Å². The second-order valence-corrected chi connectivity index (χ2v) is 9.07. The van der Waals surface area contributed by atoms with E-state index in [1.54, 1.807) is 47.3 Å². The zero-order valence-electron chi connectivity index (χ0n) is 20.2. The van der Waals surface area contributed by atoms with Gasteiger partial charge in [-0.3, -0.25) is 24.3 Å². The SMILES string of the molecule is C=CC1(N2CN([C@H](c3ccccn3)c3ccc(F)c(F)c3OCC)n3ccc(=O)c(O)c3C2=O)CCC1. The van der Waals surface area contributed by atoms with Crippen molar-refractivity contribution in [2.24, 2.45) is 0 Å². The molecule has 2 aliphatic rings. The van der Waals surface area contributed by atoms with E-state index < -0.39 is 40.3 Å². The number of carbonyl (C=O) groups is 1. The average molecular weight is 509 g/mol. The van der Waals surface area contributed by atoms with Gasteiger partial charge < -0.3 is 14.7 Å². The van der Waals surface area contributed by atoms with Crippen molar-refractivity contribution >= 4 is 5.91 Å². The van der Waals surface area contributed by atoms with Gasteiger partial charge >= 0.3 is 0 Å². The van der Waals surface area contributed by atoms with Crippen LogP contribution in [-0.2, 0) is 0 Å². The van der Waals surface area contributed by atoms with Crippen LogP contribution in [0.25, 0.3) is 0 Å². The maximum atomic E-state index is 15.0. The molecule has 0 bridgehead atoms. The van der Waals surface area contributed by atoms with Crippen LogP contribution in [0.2, 0.25) is 0 Å². The Kier molecular flexibility index (Phi) is 6.18. The van der Waals surface area contributed by atoms with Crippen molar-refractivity contribution in [3.63, 3.8) is 0 Å². The van der Waals surface area contributed by atoms with E-state index in [9.17, 15) is 19.1 Å². The maximum absolute atomic E-state index is 15.0. The van der Waals surface area contributed by atoms with Crippen molar-refractivity contribution in [3.05, 3.63) is 100 Å². The summed E-state index contributed by atoms with van der Waals surface area (Å²) in [5.74, 6) is -3.72. The monoisotopic (exact) mass is 508 g/mol. The van der Waals surface area contributed by atoms with Crippen LogP contribution in [0.3, 0.4) is 0 Å². The first-order valence-electron chi connectivity index (χ1n) is 12.0. The number of fused-ring (bicyclic) bond motifs is 1. The molecule has 1 fully saturated rings. The number of carbonyl (C=O) groups excluding carboxylic acids is 1. The van der Waals surface area contributed by atoms with E-state index >= 15 is 4.39 Å². The minimum atomic E-state index is -1.14. The van der Waals surface area contributed by atoms with E-state index in [4.69, 9.17) is 4.74 Å². The van der Waals surface area contributed by atoms with Gasteiger partial charge in [0.2, 0.25) is 11.2 Å². The summed E-state index contributed by atoms with van der Waals surface area (Å²) >= 11 is 0. The molecule has 1 atom stereocenters.